The van der Waals surface area contributed by atoms with Crippen LogP contribution in [0.2, 0.25) is 0 Å². The Hall–Kier alpha value is -1.46. The Morgan fingerprint density at radius 3 is 2.71 bits per heavy atom. The number of benzene rings is 1. The summed E-state index contributed by atoms with van der Waals surface area (Å²) < 4.78 is 4.68. The van der Waals surface area contributed by atoms with Crippen LogP contribution in [0, 0.1) is 17.0 Å². The number of aliphatic hydroxyl groups is 1. The lowest BCUT2D eigenvalue weighted by Crippen LogP contribution is -2.04. The first kappa shape index (κ1) is 10.6. The Morgan fingerprint density at radius 1 is 1.57 bits per heavy atom. The lowest BCUT2D eigenvalue weighted by atomic mass is 10.1. The number of nitro benzene ring substituents is 1. The van der Waals surface area contributed by atoms with Crippen LogP contribution in [0.3, 0.4) is 0 Å². The molecule has 0 heterocycles. The van der Waals surface area contributed by atoms with E-state index in [1.54, 1.807) is 13.0 Å². The van der Waals surface area contributed by atoms with Crippen molar-refractivity contribution in [2.75, 3.05) is 7.11 Å². The minimum Gasteiger partial charge on any atom is -0.364 e. The van der Waals surface area contributed by atoms with E-state index >= 15 is 0 Å². The van der Waals surface area contributed by atoms with E-state index in [1.807, 2.05) is 0 Å². The molecule has 0 fully saturated rings. The smallest absolute Gasteiger partial charge is 0.272 e. The average Bonchev–Trinajstić information content (AvgIpc) is 2.16. The van der Waals surface area contributed by atoms with Crippen molar-refractivity contribution in [3.05, 3.63) is 39.4 Å². The summed E-state index contributed by atoms with van der Waals surface area (Å²) in [6.45, 7) is 1.58. The maximum absolute atomic E-state index is 10.6. The maximum Gasteiger partial charge on any atom is 0.272 e. The van der Waals surface area contributed by atoms with Crippen LogP contribution in [0.15, 0.2) is 18.2 Å². The molecule has 1 N–H and O–H groups in total. The fourth-order valence-corrected chi connectivity index (χ4v) is 1.23. The minimum absolute atomic E-state index is 0.0152. The summed E-state index contributed by atoms with van der Waals surface area (Å²) in [5.41, 5.74) is 0.826. The fourth-order valence-electron chi connectivity index (χ4n) is 1.23. The van der Waals surface area contributed by atoms with Crippen molar-refractivity contribution in [1.82, 2.24) is 0 Å². The highest BCUT2D eigenvalue weighted by molar-refractivity contribution is 5.44. The number of ether oxygens (including phenoxy) is 1. The summed E-state index contributed by atoms with van der Waals surface area (Å²) in [7, 11) is 1.34. The van der Waals surface area contributed by atoms with Crippen molar-refractivity contribution in [3.8, 4) is 0 Å². The molecule has 0 aromatic heterocycles. The van der Waals surface area contributed by atoms with Gasteiger partial charge in [0.15, 0.2) is 6.29 Å². The van der Waals surface area contributed by atoms with Gasteiger partial charge in [-0.25, -0.2) is 0 Å². The average molecular weight is 197 g/mol. The summed E-state index contributed by atoms with van der Waals surface area (Å²) in [5, 5.41) is 19.9. The van der Waals surface area contributed by atoms with Gasteiger partial charge in [-0.15, -0.1) is 0 Å². The first-order valence-electron chi connectivity index (χ1n) is 4.02. The van der Waals surface area contributed by atoms with Gasteiger partial charge in [0.25, 0.3) is 5.69 Å². The van der Waals surface area contributed by atoms with Gasteiger partial charge in [-0.1, -0.05) is 12.1 Å². The zero-order valence-corrected chi connectivity index (χ0v) is 7.93. The monoisotopic (exact) mass is 197 g/mol. The fraction of sp³-hybridized carbons (Fsp3) is 0.333. The van der Waals surface area contributed by atoms with Gasteiger partial charge in [-0.3, -0.25) is 10.1 Å². The zero-order chi connectivity index (χ0) is 10.7. The predicted octanol–water partition coefficient (Wildman–Crippen LogP) is 1.54. The van der Waals surface area contributed by atoms with Crippen LogP contribution in [0.4, 0.5) is 5.69 Å². The minimum atomic E-state index is -1.12. The maximum atomic E-state index is 10.6. The molecule has 0 aliphatic rings. The van der Waals surface area contributed by atoms with Crippen molar-refractivity contribution < 1.29 is 14.8 Å². The summed E-state index contributed by atoms with van der Waals surface area (Å²) in [4.78, 5) is 10.1. The van der Waals surface area contributed by atoms with Crippen molar-refractivity contribution >= 4 is 5.69 Å². The number of nitro groups is 1. The molecule has 76 valence electrons. The molecule has 0 spiro atoms. The Bertz CT molecular complexity index is 351. The Morgan fingerprint density at radius 2 is 2.21 bits per heavy atom. The van der Waals surface area contributed by atoms with E-state index in [0.717, 1.165) is 0 Å². The van der Waals surface area contributed by atoms with Crippen LogP contribution < -0.4 is 0 Å². The van der Waals surface area contributed by atoms with E-state index < -0.39 is 11.2 Å². The van der Waals surface area contributed by atoms with E-state index in [4.69, 9.17) is 0 Å². The van der Waals surface area contributed by atoms with Gasteiger partial charge in [0, 0.05) is 24.3 Å². The number of hydrogen-bond donors (Lipinski definition) is 1. The van der Waals surface area contributed by atoms with Gasteiger partial charge in [0.1, 0.15) is 0 Å². The van der Waals surface area contributed by atoms with Crippen molar-refractivity contribution in [2.24, 2.45) is 0 Å². The van der Waals surface area contributed by atoms with Gasteiger partial charge in [0.05, 0.1) is 4.92 Å². The highest BCUT2D eigenvalue weighted by Crippen LogP contribution is 2.25. The molecule has 14 heavy (non-hydrogen) atoms. The SMILES string of the molecule is COC(O)c1cccc([N+](=O)[O-])c1C. The third-order valence-electron chi connectivity index (χ3n) is 2.03. The van der Waals surface area contributed by atoms with Gasteiger partial charge in [-0.05, 0) is 6.92 Å². The lowest BCUT2D eigenvalue weighted by molar-refractivity contribution is -0.385. The Kier molecular flexibility index (Phi) is 3.16. The molecular formula is C9H11NO4. The van der Waals surface area contributed by atoms with E-state index in [1.165, 1.54) is 19.2 Å². The molecule has 0 aliphatic heterocycles. The number of methoxy groups -OCH3 is 1. The molecule has 1 aromatic rings. The van der Waals surface area contributed by atoms with Gasteiger partial charge in [-0.2, -0.15) is 0 Å². The normalized spacial score (nSPS) is 12.5. The standard InChI is InChI=1S/C9H11NO4/c1-6-7(9(11)14-2)4-3-5-8(6)10(12)13/h3-5,9,11H,1-2H3. The van der Waals surface area contributed by atoms with Crippen LogP contribution in [-0.4, -0.2) is 17.1 Å². The zero-order valence-electron chi connectivity index (χ0n) is 7.93. The quantitative estimate of drug-likeness (QED) is 0.453. The van der Waals surface area contributed by atoms with Crippen molar-refractivity contribution in [3.63, 3.8) is 0 Å². The van der Waals surface area contributed by atoms with Crippen LogP contribution in [0.1, 0.15) is 17.4 Å². The lowest BCUT2D eigenvalue weighted by Gasteiger charge is -2.11. The van der Waals surface area contributed by atoms with Gasteiger partial charge in [0.2, 0.25) is 0 Å². The summed E-state index contributed by atoms with van der Waals surface area (Å²) in [6.07, 6.45) is -1.12. The molecule has 0 saturated heterocycles. The van der Waals surface area contributed by atoms with Crippen LogP contribution >= 0.6 is 0 Å². The molecule has 1 atom stereocenters. The largest absolute Gasteiger partial charge is 0.364 e. The molecule has 0 amide bonds. The highest BCUT2D eigenvalue weighted by Gasteiger charge is 2.17. The molecular weight excluding hydrogens is 186 g/mol. The second-order valence-electron chi connectivity index (χ2n) is 2.84. The van der Waals surface area contributed by atoms with E-state index in [2.05, 4.69) is 4.74 Å². The van der Waals surface area contributed by atoms with Crippen LogP contribution in [0.5, 0.6) is 0 Å². The molecule has 0 aliphatic carbocycles. The second kappa shape index (κ2) is 4.17. The Balaban J connectivity index is 3.20. The number of rotatable bonds is 3. The molecule has 0 radical (unpaired) electrons. The first-order valence-corrected chi connectivity index (χ1v) is 4.02. The third-order valence-corrected chi connectivity index (χ3v) is 2.03. The van der Waals surface area contributed by atoms with Crippen molar-refractivity contribution in [2.45, 2.75) is 13.2 Å². The molecule has 0 bridgehead atoms. The highest BCUT2D eigenvalue weighted by atomic mass is 16.6. The van der Waals surface area contributed by atoms with Crippen LogP contribution in [0.25, 0.3) is 0 Å². The second-order valence-corrected chi connectivity index (χ2v) is 2.84. The van der Waals surface area contributed by atoms with E-state index in [9.17, 15) is 15.2 Å². The number of nitrogens with zero attached hydrogens (tertiary/aromatic N) is 1. The topological polar surface area (TPSA) is 72.6 Å². The van der Waals surface area contributed by atoms with Crippen LogP contribution in [-0.2, 0) is 4.74 Å². The number of aliphatic hydroxyl groups excluding tert-OH is 1. The predicted molar refractivity (Wildman–Crippen MR) is 49.8 cm³/mol. The Labute approximate surface area is 81.1 Å². The van der Waals surface area contributed by atoms with Gasteiger partial charge >= 0.3 is 0 Å². The van der Waals surface area contributed by atoms with E-state index in [-0.39, 0.29) is 5.69 Å². The summed E-state index contributed by atoms with van der Waals surface area (Å²) in [5.74, 6) is 0. The molecule has 5 heteroatoms. The van der Waals surface area contributed by atoms with Gasteiger partial charge < -0.3 is 9.84 Å². The molecule has 0 saturated carbocycles. The molecule has 1 aromatic carbocycles. The number of hydrogen-bond acceptors (Lipinski definition) is 4. The first-order chi connectivity index (χ1) is 6.57. The summed E-state index contributed by atoms with van der Waals surface area (Å²) >= 11 is 0. The summed E-state index contributed by atoms with van der Waals surface area (Å²) in [6, 6.07) is 4.50. The molecule has 5 nitrogen and oxygen atoms in total. The van der Waals surface area contributed by atoms with Crippen molar-refractivity contribution in [1.29, 1.82) is 0 Å². The third kappa shape index (κ3) is 1.89. The molecule has 1 unspecified atom stereocenters. The van der Waals surface area contributed by atoms with E-state index in [0.29, 0.717) is 11.1 Å². The molecule has 1 rings (SSSR count).